The fourth-order valence-corrected chi connectivity index (χ4v) is 2.58. The van der Waals surface area contributed by atoms with Crippen molar-refractivity contribution in [3.05, 3.63) is 29.3 Å². The van der Waals surface area contributed by atoms with Crippen LogP contribution in [0.1, 0.15) is 18.1 Å². The quantitative estimate of drug-likeness (QED) is 0.776. The van der Waals surface area contributed by atoms with Crippen LogP contribution in [0.3, 0.4) is 0 Å². The van der Waals surface area contributed by atoms with Crippen molar-refractivity contribution in [1.29, 1.82) is 0 Å². The molecule has 140 valence electrons. The van der Waals surface area contributed by atoms with Gasteiger partial charge >= 0.3 is 11.9 Å². The van der Waals surface area contributed by atoms with Crippen LogP contribution in [0.15, 0.2) is 18.2 Å². The lowest BCUT2D eigenvalue weighted by Crippen LogP contribution is -2.47. The van der Waals surface area contributed by atoms with Gasteiger partial charge in [0.05, 0.1) is 0 Å². The summed E-state index contributed by atoms with van der Waals surface area (Å²) in [6, 6.07) is 6.37. The first kappa shape index (κ1) is 20.9. The number of carbonyl (C=O) groups is 2. The second kappa shape index (κ2) is 10.7. The largest absolute Gasteiger partial charge is 0.492 e. The molecule has 7 nitrogen and oxygen atoms in total. The summed E-state index contributed by atoms with van der Waals surface area (Å²) in [7, 11) is 0. The van der Waals surface area contributed by atoms with E-state index in [4.69, 9.17) is 24.5 Å². The number of piperazine rings is 1. The maximum Gasteiger partial charge on any atom is 0.414 e. The Morgan fingerprint density at radius 2 is 1.60 bits per heavy atom. The van der Waals surface area contributed by atoms with Crippen molar-refractivity contribution in [1.82, 2.24) is 9.80 Å². The van der Waals surface area contributed by atoms with E-state index in [1.807, 2.05) is 0 Å². The number of nitrogens with zero attached hydrogens (tertiary/aromatic N) is 2. The average molecular weight is 352 g/mol. The number of aliphatic carboxylic acids is 2. The molecule has 1 saturated heterocycles. The third-order valence-electron chi connectivity index (χ3n) is 4.09. The van der Waals surface area contributed by atoms with Crippen LogP contribution in [0.4, 0.5) is 0 Å². The summed E-state index contributed by atoms with van der Waals surface area (Å²) in [5.74, 6) is -2.62. The van der Waals surface area contributed by atoms with Crippen molar-refractivity contribution >= 4 is 11.9 Å². The summed E-state index contributed by atoms with van der Waals surface area (Å²) in [6.07, 6.45) is 0. The number of hydrogen-bond donors (Lipinski definition) is 2. The van der Waals surface area contributed by atoms with E-state index >= 15 is 0 Å². The van der Waals surface area contributed by atoms with Crippen molar-refractivity contribution in [3.63, 3.8) is 0 Å². The van der Waals surface area contributed by atoms with Gasteiger partial charge in [0, 0.05) is 32.7 Å². The normalized spacial score (nSPS) is 15.2. The number of hydrogen-bond acceptors (Lipinski definition) is 5. The number of rotatable bonds is 5. The van der Waals surface area contributed by atoms with Gasteiger partial charge in [0.25, 0.3) is 0 Å². The van der Waals surface area contributed by atoms with E-state index in [9.17, 15) is 0 Å². The highest BCUT2D eigenvalue weighted by Gasteiger charge is 2.14. The van der Waals surface area contributed by atoms with E-state index in [-0.39, 0.29) is 0 Å². The molecule has 0 aliphatic carbocycles. The van der Waals surface area contributed by atoms with Gasteiger partial charge in [0.1, 0.15) is 12.4 Å². The van der Waals surface area contributed by atoms with Crippen molar-refractivity contribution in [3.8, 4) is 5.75 Å². The minimum absolute atomic E-state index is 0.788. The van der Waals surface area contributed by atoms with Gasteiger partial charge in [-0.2, -0.15) is 0 Å². The minimum atomic E-state index is -1.82. The van der Waals surface area contributed by atoms with Crippen molar-refractivity contribution in [2.45, 2.75) is 20.8 Å². The molecule has 0 spiro atoms. The van der Waals surface area contributed by atoms with Crippen LogP contribution in [-0.2, 0) is 9.59 Å². The molecule has 25 heavy (non-hydrogen) atoms. The molecule has 2 N–H and O–H groups in total. The Labute approximate surface area is 148 Å². The molecule has 1 aliphatic rings. The molecule has 1 heterocycles. The standard InChI is InChI=1S/C16H26N2O.C2H2O4/c1-4-17-7-9-18(10-8-17)11-12-19-16-6-5-14(2)13-15(16)3;3-1(4)2(5)6/h5-6,13H,4,7-12H2,1-3H3;(H,3,4)(H,5,6). The second-order valence-corrected chi connectivity index (χ2v) is 6.00. The average Bonchev–Trinajstić information content (AvgIpc) is 2.58. The molecule has 1 aromatic carbocycles. The molecule has 0 unspecified atom stereocenters. The van der Waals surface area contributed by atoms with E-state index in [1.165, 1.54) is 43.9 Å². The molecule has 0 aromatic heterocycles. The van der Waals surface area contributed by atoms with Crippen LogP contribution in [0.25, 0.3) is 0 Å². The summed E-state index contributed by atoms with van der Waals surface area (Å²) in [5.41, 5.74) is 2.52. The lowest BCUT2D eigenvalue weighted by atomic mass is 10.1. The minimum Gasteiger partial charge on any atom is -0.492 e. The Balaban J connectivity index is 0.000000450. The summed E-state index contributed by atoms with van der Waals surface area (Å²) in [5, 5.41) is 14.8. The first-order valence-corrected chi connectivity index (χ1v) is 8.44. The fraction of sp³-hybridized carbons (Fsp3) is 0.556. The molecule has 0 saturated carbocycles. The van der Waals surface area contributed by atoms with Crippen LogP contribution in [0.2, 0.25) is 0 Å². The van der Waals surface area contributed by atoms with Crippen molar-refractivity contribution in [2.75, 3.05) is 45.9 Å². The maximum atomic E-state index is 9.10. The Bertz CT molecular complexity index is 557. The van der Waals surface area contributed by atoms with Gasteiger partial charge in [-0.15, -0.1) is 0 Å². The SMILES string of the molecule is CCN1CCN(CCOc2ccc(C)cc2C)CC1.O=C(O)C(=O)O. The molecule has 0 amide bonds. The van der Waals surface area contributed by atoms with Crippen molar-refractivity contribution < 1.29 is 24.5 Å². The van der Waals surface area contributed by atoms with Crippen LogP contribution in [-0.4, -0.2) is 77.8 Å². The number of carboxylic acid groups (broad SMARTS) is 2. The molecule has 1 aromatic rings. The Kier molecular flexibility index (Phi) is 8.94. The molecule has 1 aliphatic heterocycles. The molecule has 2 rings (SSSR count). The molecule has 0 radical (unpaired) electrons. The van der Waals surface area contributed by atoms with Gasteiger partial charge in [0.15, 0.2) is 0 Å². The predicted molar refractivity (Wildman–Crippen MR) is 95.2 cm³/mol. The number of benzene rings is 1. The first-order valence-electron chi connectivity index (χ1n) is 8.44. The van der Waals surface area contributed by atoms with Crippen molar-refractivity contribution in [2.24, 2.45) is 0 Å². The maximum absolute atomic E-state index is 9.10. The number of aryl methyl sites for hydroxylation is 2. The van der Waals surface area contributed by atoms with Gasteiger partial charge in [-0.05, 0) is 32.0 Å². The lowest BCUT2D eigenvalue weighted by molar-refractivity contribution is -0.159. The highest BCUT2D eigenvalue weighted by atomic mass is 16.5. The zero-order valence-corrected chi connectivity index (χ0v) is 15.2. The zero-order valence-electron chi connectivity index (χ0n) is 15.2. The Morgan fingerprint density at radius 3 is 2.08 bits per heavy atom. The zero-order chi connectivity index (χ0) is 18.8. The van der Waals surface area contributed by atoms with Crippen LogP contribution in [0, 0.1) is 13.8 Å². The van der Waals surface area contributed by atoms with E-state index in [1.54, 1.807) is 0 Å². The third kappa shape index (κ3) is 8.00. The monoisotopic (exact) mass is 352 g/mol. The highest BCUT2D eigenvalue weighted by Crippen LogP contribution is 2.18. The predicted octanol–water partition coefficient (Wildman–Crippen LogP) is 1.48. The molecule has 7 heteroatoms. The molecule has 0 atom stereocenters. The van der Waals surface area contributed by atoms with Crippen LogP contribution in [0.5, 0.6) is 5.75 Å². The first-order chi connectivity index (χ1) is 11.8. The Morgan fingerprint density at radius 1 is 1.04 bits per heavy atom. The summed E-state index contributed by atoms with van der Waals surface area (Å²) < 4.78 is 5.89. The van der Waals surface area contributed by atoms with Crippen LogP contribution >= 0.6 is 0 Å². The summed E-state index contributed by atoms with van der Waals surface area (Å²) in [6.45, 7) is 14.2. The molecular weight excluding hydrogens is 324 g/mol. The molecular formula is C18H28N2O5. The van der Waals surface area contributed by atoms with Crippen LogP contribution < -0.4 is 4.74 Å². The molecule has 0 bridgehead atoms. The lowest BCUT2D eigenvalue weighted by Gasteiger charge is -2.33. The van der Waals surface area contributed by atoms with E-state index in [0.717, 1.165) is 18.9 Å². The topological polar surface area (TPSA) is 90.3 Å². The smallest absolute Gasteiger partial charge is 0.414 e. The number of likely N-dealkylation sites (N-methyl/N-ethyl adjacent to an activating group) is 1. The Hall–Kier alpha value is -2.12. The van der Waals surface area contributed by atoms with E-state index < -0.39 is 11.9 Å². The van der Waals surface area contributed by atoms with Gasteiger partial charge < -0.3 is 19.8 Å². The van der Waals surface area contributed by atoms with Gasteiger partial charge in [0.2, 0.25) is 0 Å². The highest BCUT2D eigenvalue weighted by molar-refractivity contribution is 6.27. The van der Waals surface area contributed by atoms with Gasteiger partial charge in [-0.1, -0.05) is 24.6 Å². The van der Waals surface area contributed by atoms with Gasteiger partial charge in [-0.25, -0.2) is 9.59 Å². The van der Waals surface area contributed by atoms with Gasteiger partial charge in [-0.3, -0.25) is 4.90 Å². The van der Waals surface area contributed by atoms with E-state index in [0.29, 0.717) is 0 Å². The molecule has 1 fully saturated rings. The van der Waals surface area contributed by atoms with E-state index in [2.05, 4.69) is 48.8 Å². The third-order valence-corrected chi connectivity index (χ3v) is 4.09. The fourth-order valence-electron chi connectivity index (χ4n) is 2.58. The number of carboxylic acids is 2. The summed E-state index contributed by atoms with van der Waals surface area (Å²) >= 11 is 0. The summed E-state index contributed by atoms with van der Waals surface area (Å²) in [4.78, 5) is 23.2. The number of ether oxygens (including phenoxy) is 1. The second-order valence-electron chi connectivity index (χ2n) is 6.00.